The van der Waals surface area contributed by atoms with E-state index in [4.69, 9.17) is 5.73 Å². The Morgan fingerprint density at radius 2 is 1.81 bits per heavy atom. The maximum atomic E-state index is 12.8. The molecule has 3 rings (SSSR count). The molecule has 0 aliphatic heterocycles. The number of aryl methyl sites for hydroxylation is 1. The lowest BCUT2D eigenvalue weighted by Gasteiger charge is -2.19. The number of hydrogen-bond acceptors (Lipinski definition) is 3. The quantitative estimate of drug-likeness (QED) is 0.625. The van der Waals surface area contributed by atoms with E-state index in [9.17, 15) is 9.59 Å². The molecule has 1 unspecified atom stereocenters. The average Bonchev–Trinajstić information content (AvgIpc) is 3.11. The zero-order chi connectivity index (χ0) is 19.2. The average molecular weight is 363 g/mol. The van der Waals surface area contributed by atoms with E-state index in [0.29, 0.717) is 12.1 Å². The Hall–Kier alpha value is -3.61. The first-order valence-corrected chi connectivity index (χ1v) is 8.50. The summed E-state index contributed by atoms with van der Waals surface area (Å²) in [5.41, 5.74) is 7.39. The second kappa shape index (κ2) is 8.18. The third-order valence-corrected chi connectivity index (χ3v) is 4.21. The van der Waals surface area contributed by atoms with Crippen molar-refractivity contribution in [2.24, 2.45) is 12.8 Å². The fourth-order valence-corrected chi connectivity index (χ4v) is 2.78. The number of nitrogens with two attached hydrogens (primary N) is 1. The van der Waals surface area contributed by atoms with E-state index in [-0.39, 0.29) is 11.9 Å². The molecule has 0 spiro atoms. The van der Waals surface area contributed by atoms with Crippen LogP contribution in [0.2, 0.25) is 0 Å². The number of urea groups is 1. The van der Waals surface area contributed by atoms with Gasteiger partial charge in [0.15, 0.2) is 0 Å². The number of primary amides is 1. The van der Waals surface area contributed by atoms with Crippen molar-refractivity contribution >= 4 is 11.9 Å². The minimum absolute atomic E-state index is 0.207. The molecule has 0 fully saturated rings. The van der Waals surface area contributed by atoms with Gasteiger partial charge in [0.05, 0.1) is 0 Å². The molecule has 0 aliphatic rings. The van der Waals surface area contributed by atoms with Crippen LogP contribution >= 0.6 is 0 Å². The summed E-state index contributed by atoms with van der Waals surface area (Å²) in [5.74, 6) is 0.540. The van der Waals surface area contributed by atoms with E-state index in [1.54, 1.807) is 30.5 Å². The van der Waals surface area contributed by atoms with Gasteiger partial charge in [-0.2, -0.15) is 0 Å². The third kappa shape index (κ3) is 4.52. The summed E-state index contributed by atoms with van der Waals surface area (Å²) < 4.78 is 1.89. The maximum absolute atomic E-state index is 12.8. The Morgan fingerprint density at radius 1 is 1.11 bits per heavy atom. The van der Waals surface area contributed by atoms with Crippen LogP contribution in [0.15, 0.2) is 67.0 Å². The Balaban J connectivity index is 1.79. The monoisotopic (exact) mass is 363 g/mol. The number of rotatable bonds is 6. The normalized spacial score (nSPS) is 11.6. The molecule has 7 heteroatoms. The molecule has 3 aromatic rings. The van der Waals surface area contributed by atoms with E-state index in [0.717, 1.165) is 17.0 Å². The Labute approximate surface area is 157 Å². The Morgan fingerprint density at radius 3 is 2.41 bits per heavy atom. The summed E-state index contributed by atoms with van der Waals surface area (Å²) in [6.45, 7) is 0.317. The molecular weight excluding hydrogens is 342 g/mol. The Bertz CT molecular complexity index is 919. The van der Waals surface area contributed by atoms with Crippen molar-refractivity contribution in [1.29, 1.82) is 0 Å². The minimum atomic E-state index is -0.586. The number of nitrogens with zero attached hydrogens (tertiary/aromatic N) is 2. The molecule has 0 bridgehead atoms. The SMILES string of the molecule is Cn1ccnc1C(NC(=O)c1ccc(CNC(N)=O)cc1)c1ccccc1. The van der Waals surface area contributed by atoms with Gasteiger partial charge in [-0.1, -0.05) is 42.5 Å². The first kappa shape index (κ1) is 18.2. The van der Waals surface area contributed by atoms with Crippen molar-refractivity contribution in [2.75, 3.05) is 0 Å². The van der Waals surface area contributed by atoms with E-state index >= 15 is 0 Å². The molecular formula is C20H21N5O2. The summed E-state index contributed by atoms with van der Waals surface area (Å²) >= 11 is 0. The van der Waals surface area contributed by atoms with Crippen LogP contribution in [0, 0.1) is 0 Å². The van der Waals surface area contributed by atoms with Crippen LogP contribution in [0.4, 0.5) is 4.79 Å². The fourth-order valence-electron chi connectivity index (χ4n) is 2.78. The van der Waals surface area contributed by atoms with Gasteiger partial charge < -0.3 is 20.9 Å². The molecule has 1 heterocycles. The molecule has 3 amide bonds. The van der Waals surface area contributed by atoms with Crippen LogP contribution < -0.4 is 16.4 Å². The van der Waals surface area contributed by atoms with Gasteiger partial charge in [0.1, 0.15) is 11.9 Å². The second-order valence-electron chi connectivity index (χ2n) is 6.13. The smallest absolute Gasteiger partial charge is 0.312 e. The van der Waals surface area contributed by atoms with Crippen molar-refractivity contribution < 1.29 is 9.59 Å². The van der Waals surface area contributed by atoms with Crippen LogP contribution in [-0.2, 0) is 13.6 Å². The molecule has 27 heavy (non-hydrogen) atoms. The highest BCUT2D eigenvalue weighted by Gasteiger charge is 2.21. The van der Waals surface area contributed by atoms with E-state index in [1.165, 1.54) is 0 Å². The Kier molecular flexibility index (Phi) is 5.51. The lowest BCUT2D eigenvalue weighted by molar-refractivity contribution is 0.0941. The summed E-state index contributed by atoms with van der Waals surface area (Å²) in [5, 5.41) is 5.57. The highest BCUT2D eigenvalue weighted by atomic mass is 16.2. The molecule has 0 saturated heterocycles. The summed E-state index contributed by atoms with van der Waals surface area (Å²) in [6, 6.07) is 15.7. The number of aromatic nitrogens is 2. The lowest BCUT2D eigenvalue weighted by Crippen LogP contribution is -2.31. The zero-order valence-electron chi connectivity index (χ0n) is 14.9. The van der Waals surface area contributed by atoms with Gasteiger partial charge in [-0.3, -0.25) is 4.79 Å². The molecule has 7 nitrogen and oxygen atoms in total. The molecule has 0 saturated carbocycles. The van der Waals surface area contributed by atoms with Crippen molar-refractivity contribution in [3.05, 3.63) is 89.5 Å². The van der Waals surface area contributed by atoms with E-state index in [2.05, 4.69) is 15.6 Å². The van der Waals surface area contributed by atoms with Crippen molar-refractivity contribution in [3.63, 3.8) is 0 Å². The molecule has 0 aliphatic carbocycles. The third-order valence-electron chi connectivity index (χ3n) is 4.21. The summed E-state index contributed by atoms with van der Waals surface area (Å²) in [4.78, 5) is 27.9. The van der Waals surface area contributed by atoms with E-state index in [1.807, 2.05) is 48.1 Å². The predicted molar refractivity (Wildman–Crippen MR) is 102 cm³/mol. The fraction of sp³-hybridized carbons (Fsp3) is 0.150. The predicted octanol–water partition coefficient (Wildman–Crippen LogP) is 2.11. The number of carbonyl (C=O) groups is 2. The molecule has 1 atom stereocenters. The second-order valence-corrected chi connectivity index (χ2v) is 6.13. The van der Waals surface area contributed by atoms with Gasteiger partial charge in [0, 0.05) is 31.5 Å². The van der Waals surface area contributed by atoms with Gasteiger partial charge in [-0.05, 0) is 23.3 Å². The topological polar surface area (TPSA) is 102 Å². The molecule has 1 aromatic heterocycles. The van der Waals surface area contributed by atoms with Crippen LogP contribution in [0.5, 0.6) is 0 Å². The standard InChI is InChI=1S/C20H21N5O2/c1-25-12-11-22-18(25)17(15-5-3-2-4-6-15)24-19(26)16-9-7-14(8-10-16)13-23-20(21)27/h2-12,17H,13H2,1H3,(H,24,26)(H3,21,23,27). The highest BCUT2D eigenvalue weighted by molar-refractivity contribution is 5.94. The number of carbonyl (C=O) groups excluding carboxylic acids is 2. The van der Waals surface area contributed by atoms with Crippen molar-refractivity contribution in [1.82, 2.24) is 20.2 Å². The minimum Gasteiger partial charge on any atom is -0.352 e. The maximum Gasteiger partial charge on any atom is 0.312 e. The summed E-state index contributed by atoms with van der Waals surface area (Å²) in [7, 11) is 1.89. The van der Waals surface area contributed by atoms with Crippen LogP contribution in [-0.4, -0.2) is 21.5 Å². The number of amides is 3. The molecule has 4 N–H and O–H groups in total. The molecule has 2 aromatic carbocycles. The van der Waals surface area contributed by atoms with Crippen LogP contribution in [0.25, 0.3) is 0 Å². The number of hydrogen-bond donors (Lipinski definition) is 3. The van der Waals surface area contributed by atoms with Crippen molar-refractivity contribution in [2.45, 2.75) is 12.6 Å². The van der Waals surface area contributed by atoms with Gasteiger partial charge in [-0.25, -0.2) is 9.78 Å². The highest BCUT2D eigenvalue weighted by Crippen LogP contribution is 2.21. The van der Waals surface area contributed by atoms with Crippen LogP contribution in [0.1, 0.15) is 33.4 Å². The number of nitrogens with one attached hydrogen (secondary N) is 2. The van der Waals surface area contributed by atoms with Gasteiger partial charge in [-0.15, -0.1) is 0 Å². The van der Waals surface area contributed by atoms with Gasteiger partial charge >= 0.3 is 6.03 Å². The molecule has 0 radical (unpaired) electrons. The first-order chi connectivity index (χ1) is 13.0. The van der Waals surface area contributed by atoms with Crippen LogP contribution in [0.3, 0.4) is 0 Å². The van der Waals surface area contributed by atoms with E-state index < -0.39 is 6.03 Å². The molecule has 138 valence electrons. The first-order valence-electron chi connectivity index (χ1n) is 8.50. The number of benzene rings is 2. The lowest BCUT2D eigenvalue weighted by atomic mass is 10.0. The summed E-state index contributed by atoms with van der Waals surface area (Å²) in [6.07, 6.45) is 3.55. The van der Waals surface area contributed by atoms with Crippen molar-refractivity contribution in [3.8, 4) is 0 Å². The zero-order valence-corrected chi connectivity index (χ0v) is 14.9. The van der Waals surface area contributed by atoms with Gasteiger partial charge in [0.2, 0.25) is 0 Å². The largest absolute Gasteiger partial charge is 0.352 e. The number of imidazole rings is 1. The van der Waals surface area contributed by atoms with Gasteiger partial charge in [0.25, 0.3) is 5.91 Å².